The third-order valence-electron chi connectivity index (χ3n) is 3.32. The quantitative estimate of drug-likeness (QED) is 0.735. The Labute approximate surface area is 88.3 Å². The van der Waals surface area contributed by atoms with Gasteiger partial charge in [-0.25, -0.2) is 0 Å². The van der Waals surface area contributed by atoms with Gasteiger partial charge in [0.1, 0.15) is 0 Å². The maximum Gasteiger partial charge on any atom is 0.0672 e. The largest absolute Gasteiger partial charge is 0.390 e. The Kier molecular flexibility index (Phi) is 4.90. The van der Waals surface area contributed by atoms with Crippen LogP contribution in [-0.4, -0.2) is 35.2 Å². The molecule has 1 rings (SSSR count). The Morgan fingerprint density at radius 2 is 1.79 bits per heavy atom. The number of hydrogen-bond acceptors (Lipinski definition) is 2. The van der Waals surface area contributed by atoms with Gasteiger partial charge >= 0.3 is 0 Å². The van der Waals surface area contributed by atoms with Gasteiger partial charge in [0.15, 0.2) is 0 Å². The normalized spacial score (nSPS) is 22.5. The number of piperidine rings is 1. The molecule has 2 heteroatoms. The number of rotatable bonds is 5. The first-order valence-electron chi connectivity index (χ1n) is 6.15. The van der Waals surface area contributed by atoms with E-state index < -0.39 is 0 Å². The van der Waals surface area contributed by atoms with Crippen LogP contribution in [0.2, 0.25) is 0 Å². The van der Waals surface area contributed by atoms with E-state index in [1.54, 1.807) is 0 Å². The van der Waals surface area contributed by atoms with Crippen LogP contribution in [0.4, 0.5) is 0 Å². The molecule has 1 heterocycles. The predicted molar refractivity (Wildman–Crippen MR) is 60.4 cm³/mol. The molecular weight excluding hydrogens is 174 g/mol. The molecule has 0 aromatic rings. The maximum atomic E-state index is 10.3. The highest BCUT2D eigenvalue weighted by atomic mass is 16.3. The van der Waals surface area contributed by atoms with Gasteiger partial charge in [-0.2, -0.15) is 0 Å². The summed E-state index contributed by atoms with van der Waals surface area (Å²) in [6, 6.07) is 0. The standard InChI is InChI=1S/C12H25NO/c1-3-5-6-12(14)7-10-13(9-4-2)11-8-12/h14H,3-11H2,1-2H3. The van der Waals surface area contributed by atoms with E-state index in [-0.39, 0.29) is 5.60 Å². The highest BCUT2D eigenvalue weighted by Gasteiger charge is 2.30. The minimum absolute atomic E-state index is 0.333. The summed E-state index contributed by atoms with van der Waals surface area (Å²) in [5, 5.41) is 10.3. The fourth-order valence-electron chi connectivity index (χ4n) is 2.26. The average molecular weight is 199 g/mol. The summed E-state index contributed by atoms with van der Waals surface area (Å²) >= 11 is 0. The molecule has 1 N–H and O–H groups in total. The topological polar surface area (TPSA) is 23.5 Å². The summed E-state index contributed by atoms with van der Waals surface area (Å²) in [7, 11) is 0. The van der Waals surface area contributed by atoms with Gasteiger partial charge < -0.3 is 10.0 Å². The smallest absolute Gasteiger partial charge is 0.0672 e. The van der Waals surface area contributed by atoms with E-state index in [9.17, 15) is 5.11 Å². The lowest BCUT2D eigenvalue weighted by Crippen LogP contribution is -2.44. The minimum atomic E-state index is -0.333. The average Bonchev–Trinajstić information content (AvgIpc) is 2.20. The van der Waals surface area contributed by atoms with Crippen molar-refractivity contribution in [3.05, 3.63) is 0 Å². The van der Waals surface area contributed by atoms with Gasteiger partial charge in [-0.15, -0.1) is 0 Å². The lowest BCUT2D eigenvalue weighted by atomic mass is 9.86. The fraction of sp³-hybridized carbons (Fsp3) is 1.00. The second kappa shape index (κ2) is 5.72. The third kappa shape index (κ3) is 3.58. The molecule has 84 valence electrons. The zero-order valence-electron chi connectivity index (χ0n) is 9.76. The fourth-order valence-corrected chi connectivity index (χ4v) is 2.26. The van der Waals surface area contributed by atoms with Crippen molar-refractivity contribution in [3.8, 4) is 0 Å². The van der Waals surface area contributed by atoms with Crippen molar-refractivity contribution in [2.24, 2.45) is 0 Å². The lowest BCUT2D eigenvalue weighted by Gasteiger charge is -2.38. The van der Waals surface area contributed by atoms with E-state index in [1.807, 2.05) is 0 Å². The summed E-state index contributed by atoms with van der Waals surface area (Å²) in [5.41, 5.74) is -0.333. The Morgan fingerprint density at radius 1 is 1.14 bits per heavy atom. The molecule has 0 aromatic heterocycles. The zero-order valence-corrected chi connectivity index (χ0v) is 9.76. The first-order valence-corrected chi connectivity index (χ1v) is 6.15. The third-order valence-corrected chi connectivity index (χ3v) is 3.32. The van der Waals surface area contributed by atoms with Crippen molar-refractivity contribution in [2.45, 2.75) is 58.0 Å². The molecule has 1 fully saturated rings. The van der Waals surface area contributed by atoms with Crippen LogP contribution >= 0.6 is 0 Å². The van der Waals surface area contributed by atoms with Crippen molar-refractivity contribution in [2.75, 3.05) is 19.6 Å². The zero-order chi connectivity index (χ0) is 10.4. The van der Waals surface area contributed by atoms with Crippen LogP contribution in [0.5, 0.6) is 0 Å². The molecule has 1 aliphatic heterocycles. The summed E-state index contributed by atoms with van der Waals surface area (Å²) in [6.07, 6.45) is 6.56. The Bertz CT molecular complexity index is 150. The molecular formula is C12H25NO. The maximum absolute atomic E-state index is 10.3. The number of aliphatic hydroxyl groups is 1. The molecule has 0 aromatic carbocycles. The van der Waals surface area contributed by atoms with Crippen LogP contribution in [0.25, 0.3) is 0 Å². The van der Waals surface area contributed by atoms with Crippen molar-refractivity contribution in [3.63, 3.8) is 0 Å². The second-order valence-electron chi connectivity index (χ2n) is 4.67. The lowest BCUT2D eigenvalue weighted by molar-refractivity contribution is -0.0288. The number of hydrogen-bond donors (Lipinski definition) is 1. The summed E-state index contributed by atoms with van der Waals surface area (Å²) < 4.78 is 0. The number of likely N-dealkylation sites (tertiary alicyclic amines) is 1. The van der Waals surface area contributed by atoms with Crippen molar-refractivity contribution in [1.29, 1.82) is 0 Å². The van der Waals surface area contributed by atoms with Crippen LogP contribution in [0.15, 0.2) is 0 Å². The molecule has 0 bridgehead atoms. The Morgan fingerprint density at radius 3 is 2.29 bits per heavy atom. The Balaban J connectivity index is 2.25. The molecule has 1 saturated heterocycles. The second-order valence-corrected chi connectivity index (χ2v) is 4.67. The number of nitrogens with zero attached hydrogens (tertiary/aromatic N) is 1. The van der Waals surface area contributed by atoms with Gasteiger partial charge in [0.25, 0.3) is 0 Å². The molecule has 0 amide bonds. The van der Waals surface area contributed by atoms with E-state index in [4.69, 9.17) is 0 Å². The molecule has 0 spiro atoms. The van der Waals surface area contributed by atoms with Crippen molar-refractivity contribution in [1.82, 2.24) is 4.90 Å². The van der Waals surface area contributed by atoms with Crippen LogP contribution in [0, 0.1) is 0 Å². The van der Waals surface area contributed by atoms with Gasteiger partial charge in [-0.05, 0) is 32.2 Å². The number of unbranched alkanes of at least 4 members (excludes halogenated alkanes) is 1. The summed E-state index contributed by atoms with van der Waals surface area (Å²) in [5.74, 6) is 0. The van der Waals surface area contributed by atoms with Crippen molar-refractivity contribution < 1.29 is 5.11 Å². The van der Waals surface area contributed by atoms with Gasteiger partial charge in [0.2, 0.25) is 0 Å². The molecule has 0 saturated carbocycles. The molecule has 14 heavy (non-hydrogen) atoms. The van der Waals surface area contributed by atoms with Gasteiger partial charge in [0, 0.05) is 13.1 Å². The predicted octanol–water partition coefficient (Wildman–Crippen LogP) is 2.41. The van der Waals surface area contributed by atoms with E-state index in [0.717, 1.165) is 32.4 Å². The Hall–Kier alpha value is -0.0800. The highest BCUT2D eigenvalue weighted by Crippen LogP contribution is 2.27. The first kappa shape index (κ1) is 12.0. The molecule has 0 unspecified atom stereocenters. The van der Waals surface area contributed by atoms with E-state index in [0.29, 0.717) is 0 Å². The summed E-state index contributed by atoms with van der Waals surface area (Å²) in [4.78, 5) is 2.47. The SMILES string of the molecule is CCCCC1(O)CCN(CCC)CC1. The van der Waals surface area contributed by atoms with E-state index in [2.05, 4.69) is 18.7 Å². The van der Waals surface area contributed by atoms with Gasteiger partial charge in [-0.1, -0.05) is 26.7 Å². The van der Waals surface area contributed by atoms with Gasteiger partial charge in [-0.3, -0.25) is 0 Å². The monoisotopic (exact) mass is 199 g/mol. The van der Waals surface area contributed by atoms with Crippen LogP contribution in [-0.2, 0) is 0 Å². The van der Waals surface area contributed by atoms with E-state index in [1.165, 1.54) is 25.8 Å². The molecule has 0 aliphatic carbocycles. The molecule has 0 atom stereocenters. The molecule has 2 nitrogen and oxygen atoms in total. The minimum Gasteiger partial charge on any atom is -0.390 e. The summed E-state index contributed by atoms with van der Waals surface area (Å²) in [6.45, 7) is 7.79. The first-order chi connectivity index (χ1) is 6.70. The van der Waals surface area contributed by atoms with E-state index >= 15 is 0 Å². The van der Waals surface area contributed by atoms with Crippen LogP contribution in [0.3, 0.4) is 0 Å². The molecule has 1 aliphatic rings. The molecule has 0 radical (unpaired) electrons. The highest BCUT2D eigenvalue weighted by molar-refractivity contribution is 4.85. The van der Waals surface area contributed by atoms with Crippen molar-refractivity contribution >= 4 is 0 Å². The van der Waals surface area contributed by atoms with Crippen LogP contribution < -0.4 is 0 Å². The van der Waals surface area contributed by atoms with Gasteiger partial charge in [0.05, 0.1) is 5.60 Å². The van der Waals surface area contributed by atoms with Crippen LogP contribution in [0.1, 0.15) is 52.4 Å².